The van der Waals surface area contributed by atoms with Crippen molar-refractivity contribution in [3.05, 3.63) is 0 Å². The van der Waals surface area contributed by atoms with Gasteiger partial charge in [0, 0.05) is 12.8 Å². The molecular weight excluding hydrogens is 553 g/mol. The first-order chi connectivity index (χ1) is 19.6. The summed E-state index contributed by atoms with van der Waals surface area (Å²) in [6, 6.07) is -1.53. The number of hydrogen-bond donors (Lipinski definition) is 4. The van der Waals surface area contributed by atoms with Crippen molar-refractivity contribution >= 4 is 25.7 Å². The van der Waals surface area contributed by atoms with Crippen LogP contribution in [0.2, 0.25) is 0 Å². The van der Waals surface area contributed by atoms with Crippen molar-refractivity contribution in [3.63, 3.8) is 0 Å². The number of carboxylic acids is 1. The molecule has 0 aliphatic rings. The molecule has 242 valence electrons. The molecule has 0 saturated carbocycles. The van der Waals surface area contributed by atoms with Gasteiger partial charge >= 0.3 is 19.8 Å². The summed E-state index contributed by atoms with van der Waals surface area (Å²) in [7, 11) is -4.73. The first-order valence-corrected chi connectivity index (χ1v) is 17.1. The molecule has 11 nitrogen and oxygen atoms in total. The molecule has 3 atom stereocenters. The van der Waals surface area contributed by atoms with Gasteiger partial charge < -0.3 is 25.2 Å². The predicted octanol–water partition coefficient (Wildman–Crippen LogP) is 6.05. The molecule has 1 amide bonds. The number of carboxylic acid groups (broad SMARTS) is 1. The van der Waals surface area contributed by atoms with Gasteiger partial charge in [-0.15, -0.1) is 0 Å². The number of rotatable bonds is 29. The number of carbonyl (C=O) groups excluding carboxylic acids is 2. The molecule has 0 spiro atoms. The number of unbranched alkanes of at least 4 members (excludes halogenated alkanes) is 15. The van der Waals surface area contributed by atoms with E-state index in [9.17, 15) is 34.1 Å². The summed E-state index contributed by atoms with van der Waals surface area (Å²) in [6.07, 6.45) is 17.5. The Morgan fingerprint density at radius 2 is 1.12 bits per heavy atom. The topological polar surface area (TPSA) is 169 Å². The second-order valence-electron chi connectivity index (χ2n) is 10.7. The van der Waals surface area contributed by atoms with Gasteiger partial charge in [-0.25, -0.2) is 9.36 Å². The van der Waals surface area contributed by atoms with Crippen molar-refractivity contribution < 1.29 is 47.8 Å². The highest BCUT2D eigenvalue weighted by atomic mass is 31.2. The highest BCUT2D eigenvalue weighted by molar-refractivity contribution is 7.47. The number of aliphatic hydroxyl groups is 1. The number of ether oxygens (including phenoxy) is 1. The molecule has 12 heteroatoms. The van der Waals surface area contributed by atoms with Crippen molar-refractivity contribution in [1.82, 2.24) is 5.32 Å². The third-order valence-corrected chi connectivity index (χ3v) is 7.60. The fourth-order valence-electron chi connectivity index (χ4n) is 4.14. The maximum absolute atomic E-state index is 12.1. The lowest BCUT2D eigenvalue weighted by Crippen LogP contribution is -2.43. The summed E-state index contributed by atoms with van der Waals surface area (Å²) in [5.41, 5.74) is 0. The molecule has 4 N–H and O–H groups in total. The summed E-state index contributed by atoms with van der Waals surface area (Å²) in [5.74, 6) is -2.38. The van der Waals surface area contributed by atoms with E-state index in [1.807, 2.05) is 0 Å². The third-order valence-electron chi connectivity index (χ3n) is 6.65. The fourth-order valence-corrected chi connectivity index (χ4v) is 4.91. The standard InChI is InChI=1S/C29H56NO10P/c1-3-5-7-9-11-12-13-15-17-19-21-28(33)38-22-25(31)23-39-41(36,37)40-24-26(29(34)35)30-27(32)20-18-16-14-10-8-6-4-2/h25-26,31H,3-24H2,1-2H3,(H,30,32)(H,34,35)(H,36,37). The van der Waals surface area contributed by atoms with Gasteiger partial charge in [-0.05, 0) is 12.8 Å². The summed E-state index contributed by atoms with van der Waals surface area (Å²) in [6.45, 7) is 2.46. The van der Waals surface area contributed by atoms with Crippen LogP contribution in [0, 0.1) is 0 Å². The Bertz CT molecular complexity index is 736. The number of hydrogen-bond acceptors (Lipinski definition) is 8. The van der Waals surface area contributed by atoms with Crippen LogP contribution in [0.1, 0.15) is 136 Å². The first-order valence-electron chi connectivity index (χ1n) is 15.6. The minimum Gasteiger partial charge on any atom is -0.480 e. The van der Waals surface area contributed by atoms with E-state index in [0.29, 0.717) is 12.8 Å². The Hall–Kier alpha value is -1.52. The number of aliphatic hydroxyl groups excluding tert-OH is 1. The molecule has 3 unspecified atom stereocenters. The Labute approximate surface area is 246 Å². The zero-order valence-corrected chi connectivity index (χ0v) is 26.3. The summed E-state index contributed by atoms with van der Waals surface area (Å²) in [4.78, 5) is 45.2. The second-order valence-corrected chi connectivity index (χ2v) is 12.1. The van der Waals surface area contributed by atoms with Gasteiger partial charge in [0.25, 0.3) is 0 Å². The molecule has 0 aromatic carbocycles. The lowest BCUT2D eigenvalue weighted by molar-refractivity contribution is -0.147. The van der Waals surface area contributed by atoms with E-state index in [1.54, 1.807) is 0 Å². The average Bonchev–Trinajstić information content (AvgIpc) is 2.93. The van der Waals surface area contributed by atoms with E-state index < -0.39 is 57.6 Å². The van der Waals surface area contributed by atoms with Crippen LogP contribution in [0.25, 0.3) is 0 Å². The van der Waals surface area contributed by atoms with Crippen molar-refractivity contribution in [1.29, 1.82) is 0 Å². The molecule has 0 rings (SSSR count). The maximum atomic E-state index is 12.1. The Morgan fingerprint density at radius 3 is 1.61 bits per heavy atom. The van der Waals surface area contributed by atoms with Crippen LogP contribution in [0.15, 0.2) is 0 Å². The Kier molecular flexibility index (Phi) is 25.2. The quantitative estimate of drug-likeness (QED) is 0.0445. The number of nitrogens with one attached hydrogen (secondary N) is 1. The molecular formula is C29H56NO10P. The monoisotopic (exact) mass is 609 g/mol. The Balaban J connectivity index is 4.04. The summed E-state index contributed by atoms with van der Waals surface area (Å²) < 4.78 is 26.5. The molecule has 0 heterocycles. The van der Waals surface area contributed by atoms with Crippen LogP contribution in [-0.4, -0.2) is 64.9 Å². The van der Waals surface area contributed by atoms with Crippen molar-refractivity contribution in [2.45, 2.75) is 148 Å². The van der Waals surface area contributed by atoms with Crippen molar-refractivity contribution in [3.8, 4) is 0 Å². The molecule has 0 bridgehead atoms. The van der Waals surface area contributed by atoms with Gasteiger partial charge in [0.05, 0.1) is 13.2 Å². The third kappa shape index (κ3) is 25.9. The zero-order valence-electron chi connectivity index (χ0n) is 25.4. The van der Waals surface area contributed by atoms with Crippen LogP contribution in [0.3, 0.4) is 0 Å². The van der Waals surface area contributed by atoms with Crippen LogP contribution >= 0.6 is 7.82 Å². The minimum absolute atomic E-state index is 0.148. The van der Waals surface area contributed by atoms with E-state index >= 15 is 0 Å². The molecule has 0 aliphatic carbocycles. The lowest BCUT2D eigenvalue weighted by atomic mass is 10.1. The zero-order chi connectivity index (χ0) is 30.8. The number of phosphoric ester groups is 1. The highest BCUT2D eigenvalue weighted by Crippen LogP contribution is 2.43. The van der Waals surface area contributed by atoms with Crippen LogP contribution < -0.4 is 5.32 Å². The van der Waals surface area contributed by atoms with Gasteiger partial charge in [-0.2, -0.15) is 0 Å². The maximum Gasteiger partial charge on any atom is 0.472 e. The smallest absolute Gasteiger partial charge is 0.472 e. The molecule has 0 aliphatic heterocycles. The molecule has 0 radical (unpaired) electrons. The van der Waals surface area contributed by atoms with Gasteiger partial charge in [0.15, 0.2) is 6.04 Å². The number of amides is 1. The largest absolute Gasteiger partial charge is 0.480 e. The van der Waals surface area contributed by atoms with Gasteiger partial charge in [-0.3, -0.25) is 18.6 Å². The van der Waals surface area contributed by atoms with E-state index in [4.69, 9.17) is 9.26 Å². The molecule has 0 fully saturated rings. The van der Waals surface area contributed by atoms with Crippen LogP contribution in [0.5, 0.6) is 0 Å². The van der Waals surface area contributed by atoms with Crippen molar-refractivity contribution in [2.24, 2.45) is 0 Å². The van der Waals surface area contributed by atoms with Gasteiger partial charge in [0.1, 0.15) is 12.7 Å². The molecule has 0 saturated heterocycles. The molecule has 0 aromatic heterocycles. The fraction of sp³-hybridized carbons (Fsp3) is 0.897. The molecule has 41 heavy (non-hydrogen) atoms. The van der Waals surface area contributed by atoms with E-state index in [0.717, 1.165) is 51.4 Å². The van der Waals surface area contributed by atoms with E-state index in [2.05, 4.69) is 23.7 Å². The number of phosphoric acid groups is 1. The van der Waals surface area contributed by atoms with Crippen LogP contribution in [0.4, 0.5) is 0 Å². The number of aliphatic carboxylic acids is 1. The van der Waals surface area contributed by atoms with E-state index in [-0.39, 0.29) is 12.8 Å². The van der Waals surface area contributed by atoms with Gasteiger partial charge in [-0.1, -0.05) is 110 Å². The number of esters is 1. The Morgan fingerprint density at radius 1 is 0.683 bits per heavy atom. The van der Waals surface area contributed by atoms with Crippen LogP contribution in [-0.2, 0) is 32.7 Å². The number of carbonyl (C=O) groups is 3. The van der Waals surface area contributed by atoms with Crippen molar-refractivity contribution in [2.75, 3.05) is 19.8 Å². The average molecular weight is 610 g/mol. The summed E-state index contributed by atoms with van der Waals surface area (Å²) in [5, 5.41) is 21.5. The van der Waals surface area contributed by atoms with E-state index in [1.165, 1.54) is 44.9 Å². The molecule has 0 aromatic rings. The van der Waals surface area contributed by atoms with Gasteiger partial charge in [0.2, 0.25) is 5.91 Å². The lowest BCUT2D eigenvalue weighted by Gasteiger charge is -2.18. The SMILES string of the molecule is CCCCCCCCCCCCC(=O)OCC(O)COP(=O)(O)OCC(NC(=O)CCCCCCCCC)C(=O)O. The predicted molar refractivity (Wildman–Crippen MR) is 157 cm³/mol. The normalized spacial score (nSPS) is 14.2. The minimum atomic E-state index is -4.73. The first kappa shape index (κ1) is 39.5. The summed E-state index contributed by atoms with van der Waals surface area (Å²) >= 11 is 0. The second kappa shape index (κ2) is 26.1. The highest BCUT2D eigenvalue weighted by Gasteiger charge is 2.28.